The highest BCUT2D eigenvalue weighted by Gasteiger charge is 2.24. The normalized spacial score (nSPS) is 14.7. The van der Waals surface area contributed by atoms with Gasteiger partial charge in [0.2, 0.25) is 0 Å². The van der Waals surface area contributed by atoms with Crippen LogP contribution in [-0.4, -0.2) is 24.3 Å². The number of carbonyl (C=O) groups is 2. The van der Waals surface area contributed by atoms with Crippen molar-refractivity contribution in [3.63, 3.8) is 0 Å². The Morgan fingerprint density at radius 1 is 1.03 bits per heavy atom. The summed E-state index contributed by atoms with van der Waals surface area (Å²) in [5, 5.41) is 2.70. The minimum atomic E-state index is -1.06. The van der Waals surface area contributed by atoms with E-state index >= 15 is 0 Å². The van der Waals surface area contributed by atoms with Gasteiger partial charge in [-0.15, -0.1) is 0 Å². The fourth-order valence-corrected chi connectivity index (χ4v) is 3.59. The Hall–Kier alpha value is -3.54. The quantitative estimate of drug-likeness (QED) is 0.631. The maximum atomic E-state index is 13.3. The van der Waals surface area contributed by atoms with E-state index in [1.54, 1.807) is 13.0 Å². The number of fused-ring (bicyclic) bond motifs is 1. The van der Waals surface area contributed by atoms with Crippen molar-refractivity contribution in [3.05, 3.63) is 89.0 Å². The van der Waals surface area contributed by atoms with Crippen LogP contribution in [0.3, 0.4) is 0 Å². The maximum absolute atomic E-state index is 13.3. The van der Waals surface area contributed by atoms with E-state index in [1.807, 2.05) is 36.4 Å². The highest BCUT2D eigenvalue weighted by atomic mass is 19.2. The lowest BCUT2D eigenvalue weighted by Gasteiger charge is -2.12. The molecule has 0 fully saturated rings. The Morgan fingerprint density at radius 3 is 2.60 bits per heavy atom. The van der Waals surface area contributed by atoms with Crippen LogP contribution in [0.4, 0.5) is 8.78 Å². The van der Waals surface area contributed by atoms with Crippen LogP contribution in [0.1, 0.15) is 33.2 Å². The number of benzene rings is 3. The molecule has 0 aliphatic carbocycles. The Bertz CT molecular complexity index is 1140. The molecule has 1 atom stereocenters. The van der Waals surface area contributed by atoms with E-state index in [0.717, 1.165) is 34.6 Å². The zero-order valence-corrected chi connectivity index (χ0v) is 16.2. The number of halogens is 2. The van der Waals surface area contributed by atoms with E-state index in [2.05, 4.69) is 5.32 Å². The van der Waals surface area contributed by atoms with Crippen molar-refractivity contribution in [3.8, 4) is 16.9 Å². The highest BCUT2D eigenvalue weighted by Crippen LogP contribution is 2.34. The van der Waals surface area contributed by atoms with Gasteiger partial charge in [-0.2, -0.15) is 0 Å². The van der Waals surface area contributed by atoms with Gasteiger partial charge in [-0.25, -0.2) is 8.78 Å². The molecule has 30 heavy (non-hydrogen) atoms. The summed E-state index contributed by atoms with van der Waals surface area (Å²) in [6, 6.07) is 16.2. The van der Waals surface area contributed by atoms with Gasteiger partial charge in [-0.05, 0) is 53.9 Å². The van der Waals surface area contributed by atoms with E-state index < -0.39 is 17.5 Å². The lowest BCUT2D eigenvalue weighted by molar-refractivity contribution is 0.0932. The monoisotopic (exact) mass is 407 g/mol. The second-order valence-corrected chi connectivity index (χ2v) is 7.21. The molecule has 1 N–H and O–H groups in total. The topological polar surface area (TPSA) is 55.4 Å². The lowest BCUT2D eigenvalue weighted by atomic mass is 9.95. The van der Waals surface area contributed by atoms with Crippen molar-refractivity contribution in [2.75, 3.05) is 6.54 Å². The number of hydrogen-bond acceptors (Lipinski definition) is 3. The Kier molecular flexibility index (Phi) is 5.31. The van der Waals surface area contributed by atoms with Crippen LogP contribution in [0, 0.1) is 11.6 Å². The van der Waals surface area contributed by atoms with Gasteiger partial charge < -0.3 is 10.1 Å². The molecule has 1 amide bonds. The molecule has 1 aliphatic rings. The summed E-state index contributed by atoms with van der Waals surface area (Å²) in [6.07, 6.45) is 0.316. The number of carbonyl (C=O) groups excluding carboxylic acids is 2. The molecule has 6 heteroatoms. The summed E-state index contributed by atoms with van der Waals surface area (Å²) in [6.45, 7) is 1.77. The van der Waals surface area contributed by atoms with Gasteiger partial charge in [0.1, 0.15) is 11.9 Å². The van der Waals surface area contributed by atoms with Crippen molar-refractivity contribution in [1.29, 1.82) is 0 Å². The number of nitrogens with one attached hydrogen (secondary N) is 1. The zero-order valence-electron chi connectivity index (χ0n) is 16.2. The highest BCUT2D eigenvalue weighted by molar-refractivity contribution is 6.00. The first-order valence-electron chi connectivity index (χ1n) is 9.55. The molecule has 0 aromatic heterocycles. The van der Waals surface area contributed by atoms with E-state index in [9.17, 15) is 18.4 Å². The minimum absolute atomic E-state index is 0.000155. The Morgan fingerprint density at radius 2 is 1.83 bits per heavy atom. The standard InChI is InChI=1S/C24H19F2NO3/c1-14(28)19-4-2-3-5-20(19)15-7-9-23-17(10-15)11-18(30-23)13-27-24(29)16-6-8-21(25)22(26)12-16/h2-10,12,18H,11,13H2,1H3,(H,27,29). The molecule has 0 radical (unpaired) electrons. The number of amides is 1. The van der Waals surface area contributed by atoms with Crippen LogP contribution in [0.2, 0.25) is 0 Å². The van der Waals surface area contributed by atoms with Crippen molar-refractivity contribution < 1.29 is 23.1 Å². The number of ketones is 1. The molecule has 152 valence electrons. The summed E-state index contributed by atoms with van der Waals surface area (Å²) in [7, 11) is 0. The molecule has 4 nitrogen and oxygen atoms in total. The minimum Gasteiger partial charge on any atom is -0.488 e. The first-order valence-corrected chi connectivity index (χ1v) is 9.55. The fraction of sp³-hybridized carbons (Fsp3) is 0.167. The van der Waals surface area contributed by atoms with Crippen LogP contribution in [-0.2, 0) is 6.42 Å². The summed E-state index contributed by atoms with van der Waals surface area (Å²) in [4.78, 5) is 24.1. The predicted octanol–water partition coefficient (Wildman–Crippen LogP) is 4.57. The molecule has 1 heterocycles. The zero-order chi connectivity index (χ0) is 21.3. The van der Waals surface area contributed by atoms with E-state index in [4.69, 9.17) is 4.74 Å². The first-order chi connectivity index (χ1) is 14.4. The predicted molar refractivity (Wildman–Crippen MR) is 109 cm³/mol. The molecule has 0 saturated carbocycles. The third kappa shape index (κ3) is 3.94. The molecular weight excluding hydrogens is 388 g/mol. The van der Waals surface area contributed by atoms with Crippen molar-refractivity contribution >= 4 is 11.7 Å². The molecule has 1 aliphatic heterocycles. The maximum Gasteiger partial charge on any atom is 0.251 e. The third-order valence-electron chi connectivity index (χ3n) is 5.09. The van der Waals surface area contributed by atoms with Crippen LogP contribution in [0.25, 0.3) is 11.1 Å². The van der Waals surface area contributed by atoms with Crippen molar-refractivity contribution in [2.24, 2.45) is 0 Å². The van der Waals surface area contributed by atoms with Crippen LogP contribution >= 0.6 is 0 Å². The number of Topliss-reactive ketones (excluding diaryl/α,β-unsaturated/α-hetero) is 1. The van der Waals surface area contributed by atoms with Crippen LogP contribution in [0.5, 0.6) is 5.75 Å². The van der Waals surface area contributed by atoms with Crippen LogP contribution in [0.15, 0.2) is 60.7 Å². The first kappa shape index (κ1) is 19.8. The second kappa shape index (κ2) is 8.06. The number of ether oxygens (including phenoxy) is 1. The summed E-state index contributed by atoms with van der Waals surface area (Å²) in [5.74, 6) is -1.83. The largest absolute Gasteiger partial charge is 0.488 e. The average molecular weight is 407 g/mol. The Labute approximate surface area is 172 Å². The third-order valence-corrected chi connectivity index (χ3v) is 5.09. The van der Waals surface area contributed by atoms with Gasteiger partial charge >= 0.3 is 0 Å². The fourth-order valence-electron chi connectivity index (χ4n) is 3.59. The van der Waals surface area contributed by atoms with Gasteiger partial charge in [0.25, 0.3) is 5.91 Å². The summed E-state index contributed by atoms with van der Waals surface area (Å²) >= 11 is 0. The number of rotatable bonds is 5. The Balaban J connectivity index is 1.45. The van der Waals surface area contributed by atoms with E-state index in [-0.39, 0.29) is 24.0 Å². The summed E-state index contributed by atoms with van der Waals surface area (Å²) in [5.41, 5.74) is 3.48. The number of hydrogen-bond donors (Lipinski definition) is 1. The van der Waals surface area contributed by atoms with Crippen LogP contribution < -0.4 is 10.1 Å². The van der Waals surface area contributed by atoms with E-state index in [1.165, 1.54) is 6.07 Å². The van der Waals surface area contributed by atoms with Crippen molar-refractivity contribution in [1.82, 2.24) is 5.32 Å². The van der Waals surface area contributed by atoms with Gasteiger partial charge in [0, 0.05) is 17.5 Å². The smallest absolute Gasteiger partial charge is 0.251 e. The van der Waals surface area contributed by atoms with E-state index in [0.29, 0.717) is 12.0 Å². The summed E-state index contributed by atoms with van der Waals surface area (Å²) < 4.78 is 32.2. The molecule has 0 bridgehead atoms. The molecule has 0 spiro atoms. The lowest BCUT2D eigenvalue weighted by Crippen LogP contribution is -2.34. The van der Waals surface area contributed by atoms with Gasteiger partial charge in [-0.1, -0.05) is 30.3 Å². The second-order valence-electron chi connectivity index (χ2n) is 7.21. The molecule has 3 aromatic rings. The molecule has 0 saturated heterocycles. The SMILES string of the molecule is CC(=O)c1ccccc1-c1ccc2c(c1)CC(CNC(=O)c1ccc(F)c(F)c1)O2. The van der Waals surface area contributed by atoms with Gasteiger partial charge in [-0.3, -0.25) is 9.59 Å². The van der Waals surface area contributed by atoms with Crippen molar-refractivity contribution in [2.45, 2.75) is 19.4 Å². The van der Waals surface area contributed by atoms with Gasteiger partial charge in [0.05, 0.1) is 6.54 Å². The molecule has 3 aromatic carbocycles. The molecular formula is C24H19F2NO3. The average Bonchev–Trinajstić information content (AvgIpc) is 3.16. The van der Waals surface area contributed by atoms with Gasteiger partial charge in [0.15, 0.2) is 17.4 Å². The molecule has 4 rings (SSSR count). The molecule has 1 unspecified atom stereocenters.